The van der Waals surface area contributed by atoms with Gasteiger partial charge in [0.25, 0.3) is 0 Å². The van der Waals surface area contributed by atoms with Gasteiger partial charge in [-0.3, -0.25) is 4.79 Å². The Labute approximate surface area is 109 Å². The van der Waals surface area contributed by atoms with Crippen molar-refractivity contribution < 1.29 is 12.8 Å². The fourth-order valence-electron chi connectivity index (χ4n) is 0.880. The Morgan fingerprint density at radius 2 is 1.82 bits per heavy atom. The van der Waals surface area contributed by atoms with Crippen LogP contribution in [0.25, 0.3) is 0 Å². The van der Waals surface area contributed by atoms with Gasteiger partial charge in [-0.05, 0) is 6.42 Å². The van der Waals surface area contributed by atoms with Gasteiger partial charge in [-0.15, -0.1) is 0 Å². The molecule has 0 rings (SSSR count). The zero-order chi connectivity index (χ0) is 7.82. The molecule has 0 aromatic carbocycles. The molecule has 0 aliphatic carbocycles. The molecule has 0 aliphatic rings. The number of rotatable bonds is 6. The molecule has 0 radical (unpaired) electrons. The molecule has 0 saturated carbocycles. The van der Waals surface area contributed by atoms with Crippen molar-refractivity contribution in [2.75, 3.05) is 0 Å². The first-order valence-corrected chi connectivity index (χ1v) is 3.99. The van der Waals surface area contributed by atoms with E-state index >= 15 is 0 Å². The van der Waals surface area contributed by atoms with Crippen LogP contribution in [-0.2, 0) is 4.79 Å². The molecule has 0 amide bonds. The maximum absolute atomic E-state index is 10.0. The fraction of sp³-hybridized carbons (Fsp3) is 0.875. The fourth-order valence-corrected chi connectivity index (χ4v) is 0.880. The van der Waals surface area contributed by atoms with Crippen LogP contribution in [0.1, 0.15) is 48.3 Å². The maximum Gasteiger partial charge on any atom is 2.00 e. The van der Waals surface area contributed by atoms with Crippen molar-refractivity contribution in [2.45, 2.75) is 45.4 Å². The summed E-state index contributed by atoms with van der Waals surface area (Å²) in [6.45, 7) is 2.15. The van der Waals surface area contributed by atoms with Gasteiger partial charge in [-0.2, -0.15) is 0 Å². The Balaban J connectivity index is -0.000000135. The van der Waals surface area contributed by atoms with Crippen LogP contribution in [0, 0.1) is 0 Å². The average Bonchev–Trinajstić information content (AvgIpc) is 1.87. The number of aliphatic carboxylic acids is 1. The maximum atomic E-state index is 10.0. The van der Waals surface area contributed by atoms with E-state index in [0.29, 0.717) is 6.42 Å². The first-order chi connectivity index (χ1) is 4.77. The summed E-state index contributed by atoms with van der Waals surface area (Å²) in [4.78, 5) is 10.0. The van der Waals surface area contributed by atoms with Gasteiger partial charge in [0, 0.05) is 6.42 Å². The van der Waals surface area contributed by atoms with E-state index < -0.39 is 5.97 Å². The molecule has 0 aromatic heterocycles. The van der Waals surface area contributed by atoms with Gasteiger partial charge < -0.3 is 7.96 Å². The van der Waals surface area contributed by atoms with Crippen LogP contribution in [0.4, 0.5) is 0 Å². The van der Waals surface area contributed by atoms with E-state index in [2.05, 4.69) is 6.92 Å². The summed E-state index contributed by atoms with van der Waals surface area (Å²) in [5.74, 6) is -0.670. The molecule has 0 fully saturated rings. The van der Waals surface area contributed by atoms with Gasteiger partial charge in [0.2, 0.25) is 0 Å². The van der Waals surface area contributed by atoms with Crippen LogP contribution in [0.15, 0.2) is 0 Å². The topological polar surface area (TPSA) is 37.3 Å². The Hall–Kier alpha value is 0.951. The minimum absolute atomic E-state index is 0. The molecular weight excluding hydrogens is 216 g/mol. The summed E-state index contributed by atoms with van der Waals surface area (Å²) in [5.41, 5.74) is 0. The third-order valence-electron chi connectivity index (χ3n) is 1.49. The van der Waals surface area contributed by atoms with Crippen molar-refractivity contribution in [3.63, 3.8) is 0 Å². The van der Waals surface area contributed by atoms with Gasteiger partial charge in [0.1, 0.15) is 0 Å². The number of unbranched alkanes of at least 4 members (excludes halogenated alkanes) is 4. The molecular formula is C8H18O2Sr. The molecule has 64 valence electrons. The summed E-state index contributed by atoms with van der Waals surface area (Å²) >= 11 is 0. The van der Waals surface area contributed by atoms with Crippen molar-refractivity contribution in [1.82, 2.24) is 0 Å². The van der Waals surface area contributed by atoms with Gasteiger partial charge in [-0.1, -0.05) is 32.6 Å². The summed E-state index contributed by atoms with van der Waals surface area (Å²) in [7, 11) is 0. The minimum Gasteiger partial charge on any atom is -1.00 e. The largest absolute Gasteiger partial charge is 2.00 e. The second-order valence-electron chi connectivity index (χ2n) is 2.56. The van der Waals surface area contributed by atoms with E-state index in [4.69, 9.17) is 5.11 Å². The van der Waals surface area contributed by atoms with E-state index in [1.54, 1.807) is 0 Å². The van der Waals surface area contributed by atoms with E-state index in [9.17, 15) is 4.79 Å². The van der Waals surface area contributed by atoms with E-state index in [1.807, 2.05) is 0 Å². The van der Waals surface area contributed by atoms with Crippen LogP contribution in [-0.4, -0.2) is 56.6 Å². The van der Waals surface area contributed by atoms with Crippen molar-refractivity contribution in [2.24, 2.45) is 0 Å². The summed E-state index contributed by atoms with van der Waals surface area (Å²) in [5, 5.41) is 8.27. The van der Waals surface area contributed by atoms with Crippen LogP contribution in [0.3, 0.4) is 0 Å². The van der Waals surface area contributed by atoms with Crippen molar-refractivity contribution in [3.8, 4) is 0 Å². The van der Waals surface area contributed by atoms with Crippen molar-refractivity contribution in [3.05, 3.63) is 0 Å². The van der Waals surface area contributed by atoms with Crippen molar-refractivity contribution >= 4 is 51.5 Å². The molecule has 11 heavy (non-hydrogen) atoms. The Morgan fingerprint density at radius 3 is 2.27 bits per heavy atom. The van der Waals surface area contributed by atoms with Crippen LogP contribution in [0.2, 0.25) is 0 Å². The first kappa shape index (κ1) is 14.5. The standard InChI is InChI=1S/C8H16O2.Sr.2H/c1-2-3-4-5-6-7-8(9)10;;;/h2-7H2,1H3,(H,9,10);;;/q;+2;2*-1. The summed E-state index contributed by atoms with van der Waals surface area (Å²) in [6.07, 6.45) is 5.88. The molecule has 0 atom stereocenters. The zero-order valence-electron chi connectivity index (χ0n) is 9.31. The smallest absolute Gasteiger partial charge is 1.00 e. The molecule has 0 heterocycles. The molecule has 0 aliphatic heterocycles. The van der Waals surface area contributed by atoms with E-state index in [0.717, 1.165) is 12.8 Å². The SMILES string of the molecule is CCCCCCCC(=O)O.[H-].[H-].[Sr+2]. The van der Waals surface area contributed by atoms with Gasteiger partial charge in [-0.25, -0.2) is 0 Å². The number of hydrogen-bond donors (Lipinski definition) is 1. The quantitative estimate of drug-likeness (QED) is 0.565. The zero-order valence-corrected chi connectivity index (χ0v) is 10.8. The van der Waals surface area contributed by atoms with E-state index in [-0.39, 0.29) is 48.3 Å². The third kappa shape index (κ3) is 13.9. The monoisotopic (exact) mass is 234 g/mol. The molecule has 0 bridgehead atoms. The summed E-state index contributed by atoms with van der Waals surface area (Å²) < 4.78 is 0. The molecule has 0 saturated heterocycles. The van der Waals surface area contributed by atoms with Crippen molar-refractivity contribution in [1.29, 1.82) is 0 Å². The number of hydrogen-bond acceptors (Lipinski definition) is 1. The first-order valence-electron chi connectivity index (χ1n) is 3.99. The van der Waals surface area contributed by atoms with Crippen LogP contribution < -0.4 is 0 Å². The predicted octanol–water partition coefficient (Wildman–Crippen LogP) is 2.28. The predicted molar refractivity (Wildman–Crippen MR) is 49.0 cm³/mol. The molecule has 0 spiro atoms. The molecule has 0 aromatic rings. The van der Waals surface area contributed by atoms with Gasteiger partial charge in [0.05, 0.1) is 0 Å². The van der Waals surface area contributed by atoms with E-state index in [1.165, 1.54) is 19.3 Å². The van der Waals surface area contributed by atoms with Crippen LogP contribution in [0.5, 0.6) is 0 Å². The van der Waals surface area contributed by atoms with Gasteiger partial charge in [0.15, 0.2) is 0 Å². The molecule has 2 nitrogen and oxygen atoms in total. The normalized spacial score (nSPS) is 8.82. The molecule has 1 N–H and O–H groups in total. The number of carboxylic acids is 1. The second kappa shape index (κ2) is 11.0. The second-order valence-corrected chi connectivity index (χ2v) is 2.56. The average molecular weight is 234 g/mol. The third-order valence-corrected chi connectivity index (χ3v) is 1.49. The minimum atomic E-state index is -0.670. The Kier molecular flexibility index (Phi) is 14.4. The summed E-state index contributed by atoms with van der Waals surface area (Å²) in [6, 6.07) is 0. The molecule has 0 unspecified atom stereocenters. The number of carboxylic acid groups (broad SMARTS) is 1. The Morgan fingerprint density at radius 1 is 1.27 bits per heavy atom. The molecule has 3 heteroatoms. The Bertz CT molecular complexity index is 102. The van der Waals surface area contributed by atoms with Gasteiger partial charge >= 0.3 is 51.5 Å². The van der Waals surface area contributed by atoms with Crippen LogP contribution >= 0.6 is 0 Å². The number of carbonyl (C=O) groups is 1.